The van der Waals surface area contributed by atoms with Gasteiger partial charge in [0.05, 0.1) is 9.86 Å². The van der Waals surface area contributed by atoms with Gasteiger partial charge >= 0.3 is 5.97 Å². The normalized spacial score (nSPS) is 13.6. The maximum Gasteiger partial charge on any atom is 0.331 e. The number of ether oxygens (including phenoxy) is 1. The predicted octanol–water partition coefficient (Wildman–Crippen LogP) is 3.12. The minimum absolute atomic E-state index is 0.0608. The highest BCUT2D eigenvalue weighted by Gasteiger charge is 2.30. The molecule has 0 aliphatic carbocycles. The van der Waals surface area contributed by atoms with Crippen LogP contribution < -0.4 is 5.32 Å². The first-order valence-corrected chi connectivity index (χ1v) is 8.20. The van der Waals surface area contributed by atoms with E-state index in [2.05, 4.69) is 27.3 Å². The smallest absolute Gasteiger partial charge is 0.331 e. The van der Waals surface area contributed by atoms with Gasteiger partial charge in [-0.1, -0.05) is 13.8 Å². The molecule has 0 unspecified atom stereocenters. The standard InChI is InChI=1S/C15H17BrN2O3S/c1-10(2)15(3,9-17)18-13(19)8-21-14(20)7-5-11-4-6-12(16)22-11/h4-7,10H,8H2,1-3H3,(H,18,19)/b7-5+/t15-/m0/s1. The number of nitrogens with zero attached hydrogens (tertiary/aromatic N) is 1. The van der Waals surface area contributed by atoms with Crippen LogP contribution in [0.15, 0.2) is 22.0 Å². The number of esters is 1. The maximum atomic E-state index is 11.7. The van der Waals surface area contributed by atoms with Crippen molar-refractivity contribution in [2.75, 3.05) is 6.61 Å². The Kier molecular flexibility index (Phi) is 6.78. The number of carbonyl (C=O) groups is 2. The molecular formula is C15H17BrN2O3S. The number of thiophene rings is 1. The predicted molar refractivity (Wildman–Crippen MR) is 89.0 cm³/mol. The van der Waals surface area contributed by atoms with Crippen LogP contribution in [0.4, 0.5) is 0 Å². The van der Waals surface area contributed by atoms with Crippen LogP contribution in [0.1, 0.15) is 25.6 Å². The van der Waals surface area contributed by atoms with Gasteiger partial charge in [0.25, 0.3) is 5.91 Å². The molecule has 0 radical (unpaired) electrons. The van der Waals surface area contributed by atoms with E-state index in [1.807, 2.05) is 26.0 Å². The number of amides is 1. The molecule has 1 atom stereocenters. The van der Waals surface area contributed by atoms with Crippen LogP contribution >= 0.6 is 27.3 Å². The number of carbonyl (C=O) groups excluding carboxylic acids is 2. The summed E-state index contributed by atoms with van der Waals surface area (Å²) in [6.45, 7) is 4.88. The maximum absolute atomic E-state index is 11.7. The van der Waals surface area contributed by atoms with Gasteiger partial charge in [0.15, 0.2) is 6.61 Å². The van der Waals surface area contributed by atoms with Crippen molar-refractivity contribution in [3.63, 3.8) is 0 Å². The zero-order chi connectivity index (χ0) is 16.8. The summed E-state index contributed by atoms with van der Waals surface area (Å²) in [7, 11) is 0. The van der Waals surface area contributed by atoms with Gasteiger partial charge < -0.3 is 10.1 Å². The molecule has 5 nitrogen and oxygen atoms in total. The fraction of sp³-hybridized carbons (Fsp3) is 0.400. The van der Waals surface area contributed by atoms with E-state index in [4.69, 9.17) is 10.00 Å². The third-order valence-electron chi connectivity index (χ3n) is 3.11. The summed E-state index contributed by atoms with van der Waals surface area (Å²) in [5.74, 6) is -1.17. The third kappa shape index (κ3) is 5.62. The second-order valence-electron chi connectivity index (χ2n) is 5.10. The Balaban J connectivity index is 2.45. The molecule has 0 saturated carbocycles. The van der Waals surface area contributed by atoms with Crippen molar-refractivity contribution in [2.24, 2.45) is 5.92 Å². The van der Waals surface area contributed by atoms with Crippen molar-refractivity contribution >= 4 is 45.2 Å². The molecule has 1 aromatic heterocycles. The molecule has 1 amide bonds. The molecule has 0 spiro atoms. The molecule has 0 aliphatic rings. The number of hydrogen-bond acceptors (Lipinski definition) is 5. The largest absolute Gasteiger partial charge is 0.452 e. The van der Waals surface area contributed by atoms with E-state index in [-0.39, 0.29) is 5.92 Å². The first kappa shape index (κ1) is 18.4. The zero-order valence-electron chi connectivity index (χ0n) is 12.6. The molecule has 1 rings (SSSR count). The zero-order valence-corrected chi connectivity index (χ0v) is 15.0. The van der Waals surface area contributed by atoms with Crippen LogP contribution in [-0.4, -0.2) is 24.0 Å². The van der Waals surface area contributed by atoms with Gasteiger partial charge in [0.2, 0.25) is 0 Å². The summed E-state index contributed by atoms with van der Waals surface area (Å²) in [5.41, 5.74) is -0.984. The van der Waals surface area contributed by atoms with E-state index in [1.54, 1.807) is 13.0 Å². The van der Waals surface area contributed by atoms with Crippen LogP contribution in [0.3, 0.4) is 0 Å². The van der Waals surface area contributed by atoms with Crippen molar-refractivity contribution in [3.05, 3.63) is 26.9 Å². The Bertz CT molecular complexity index is 619. The Morgan fingerprint density at radius 3 is 2.73 bits per heavy atom. The molecule has 1 aromatic rings. The minimum atomic E-state index is -0.984. The van der Waals surface area contributed by atoms with Gasteiger partial charge in [0, 0.05) is 11.0 Å². The first-order chi connectivity index (χ1) is 10.3. The van der Waals surface area contributed by atoms with E-state index >= 15 is 0 Å². The molecule has 1 heterocycles. The fourth-order valence-electron chi connectivity index (χ4n) is 1.38. The monoisotopic (exact) mass is 384 g/mol. The molecule has 118 valence electrons. The number of hydrogen-bond donors (Lipinski definition) is 1. The Hall–Kier alpha value is -1.65. The van der Waals surface area contributed by atoms with Crippen molar-refractivity contribution in [1.29, 1.82) is 5.26 Å². The molecule has 0 aromatic carbocycles. The topological polar surface area (TPSA) is 79.2 Å². The fourth-order valence-corrected chi connectivity index (χ4v) is 2.71. The Labute approximate surface area is 142 Å². The number of halogens is 1. The quantitative estimate of drug-likeness (QED) is 0.603. The molecular weight excluding hydrogens is 368 g/mol. The lowest BCUT2D eigenvalue weighted by molar-refractivity contribution is -0.144. The lowest BCUT2D eigenvalue weighted by atomic mass is 9.90. The molecule has 0 bridgehead atoms. The molecule has 0 fully saturated rings. The van der Waals surface area contributed by atoms with Crippen molar-refractivity contribution in [2.45, 2.75) is 26.3 Å². The Morgan fingerprint density at radius 1 is 1.55 bits per heavy atom. The van der Waals surface area contributed by atoms with Gasteiger partial charge in [0.1, 0.15) is 5.54 Å². The molecule has 0 aliphatic heterocycles. The van der Waals surface area contributed by atoms with Crippen LogP contribution in [0.25, 0.3) is 6.08 Å². The first-order valence-electron chi connectivity index (χ1n) is 6.59. The van der Waals surface area contributed by atoms with E-state index < -0.39 is 24.0 Å². The van der Waals surface area contributed by atoms with Gasteiger partial charge in [-0.2, -0.15) is 5.26 Å². The highest BCUT2D eigenvalue weighted by Crippen LogP contribution is 2.22. The average molecular weight is 385 g/mol. The number of rotatable bonds is 6. The summed E-state index contributed by atoms with van der Waals surface area (Å²) in [5, 5.41) is 11.7. The van der Waals surface area contributed by atoms with Crippen LogP contribution in [0.2, 0.25) is 0 Å². The van der Waals surface area contributed by atoms with Crippen LogP contribution in [0, 0.1) is 17.2 Å². The summed E-state index contributed by atoms with van der Waals surface area (Å²) in [6.07, 6.45) is 2.88. The van der Waals surface area contributed by atoms with Crippen molar-refractivity contribution in [1.82, 2.24) is 5.32 Å². The van der Waals surface area contributed by atoms with Gasteiger partial charge in [-0.25, -0.2) is 4.79 Å². The van der Waals surface area contributed by atoms with Crippen LogP contribution in [0.5, 0.6) is 0 Å². The van der Waals surface area contributed by atoms with Gasteiger partial charge in [-0.15, -0.1) is 11.3 Å². The van der Waals surface area contributed by atoms with E-state index in [0.29, 0.717) is 0 Å². The van der Waals surface area contributed by atoms with Crippen molar-refractivity contribution < 1.29 is 14.3 Å². The van der Waals surface area contributed by atoms with Gasteiger partial charge in [-0.3, -0.25) is 4.79 Å². The average Bonchev–Trinajstić information content (AvgIpc) is 2.88. The Morgan fingerprint density at radius 2 is 2.23 bits per heavy atom. The van der Waals surface area contributed by atoms with E-state index in [1.165, 1.54) is 17.4 Å². The number of nitriles is 1. The highest BCUT2D eigenvalue weighted by molar-refractivity contribution is 9.11. The van der Waals surface area contributed by atoms with Gasteiger partial charge in [-0.05, 0) is 47.0 Å². The van der Waals surface area contributed by atoms with E-state index in [9.17, 15) is 9.59 Å². The molecule has 1 N–H and O–H groups in total. The molecule has 7 heteroatoms. The molecule has 22 heavy (non-hydrogen) atoms. The lowest BCUT2D eigenvalue weighted by Gasteiger charge is -2.27. The summed E-state index contributed by atoms with van der Waals surface area (Å²) in [6, 6.07) is 5.78. The summed E-state index contributed by atoms with van der Waals surface area (Å²) in [4.78, 5) is 24.2. The van der Waals surface area contributed by atoms with Crippen LogP contribution in [-0.2, 0) is 14.3 Å². The second-order valence-corrected chi connectivity index (χ2v) is 7.59. The van der Waals surface area contributed by atoms with Crippen molar-refractivity contribution in [3.8, 4) is 6.07 Å². The molecule has 0 saturated heterocycles. The number of nitrogens with one attached hydrogen (secondary N) is 1. The third-order valence-corrected chi connectivity index (χ3v) is 4.70. The summed E-state index contributed by atoms with van der Waals surface area (Å²) < 4.78 is 5.81. The lowest BCUT2D eigenvalue weighted by Crippen LogP contribution is -2.50. The SMILES string of the molecule is CC(C)[C@](C)(C#N)NC(=O)COC(=O)/C=C/c1ccc(Br)s1. The second kappa shape index (κ2) is 8.11. The highest BCUT2D eigenvalue weighted by atomic mass is 79.9. The summed E-state index contributed by atoms with van der Waals surface area (Å²) >= 11 is 4.80. The van der Waals surface area contributed by atoms with E-state index in [0.717, 1.165) is 8.66 Å². The minimum Gasteiger partial charge on any atom is -0.452 e.